The lowest BCUT2D eigenvalue weighted by molar-refractivity contribution is -0.139. The van der Waals surface area contributed by atoms with Gasteiger partial charge >= 0.3 is 5.97 Å². The van der Waals surface area contributed by atoms with Crippen molar-refractivity contribution in [2.75, 3.05) is 6.61 Å². The van der Waals surface area contributed by atoms with Crippen LogP contribution >= 0.6 is 46.1 Å². The zero-order valence-electron chi connectivity index (χ0n) is 17.1. The van der Waals surface area contributed by atoms with Crippen LogP contribution < -0.4 is 14.9 Å². The Labute approximate surface area is 202 Å². The van der Waals surface area contributed by atoms with E-state index in [4.69, 9.17) is 39.5 Å². The molecule has 32 heavy (non-hydrogen) atoms. The summed E-state index contributed by atoms with van der Waals surface area (Å²) in [6, 6.07) is 11.4. The van der Waals surface area contributed by atoms with Gasteiger partial charge in [-0.15, -0.1) is 0 Å². The topological polar surface area (TPSA) is 60.7 Å². The summed E-state index contributed by atoms with van der Waals surface area (Å²) in [6.45, 7) is 3.68. The van der Waals surface area contributed by atoms with Crippen LogP contribution in [0.25, 0.3) is 6.08 Å². The minimum atomic E-state index is -0.689. The molecular weight excluding hydrogens is 491 g/mol. The van der Waals surface area contributed by atoms with Gasteiger partial charge in [0, 0.05) is 15.1 Å². The Balaban J connectivity index is 1.96. The van der Waals surface area contributed by atoms with E-state index in [2.05, 4.69) is 4.99 Å². The number of thiazole rings is 1. The molecule has 164 valence electrons. The number of rotatable bonds is 4. The predicted octanol–water partition coefficient (Wildman–Crippen LogP) is 4.76. The van der Waals surface area contributed by atoms with E-state index in [1.807, 2.05) is 0 Å². The molecule has 1 aliphatic heterocycles. The van der Waals surface area contributed by atoms with Crippen molar-refractivity contribution in [3.8, 4) is 0 Å². The highest BCUT2D eigenvalue weighted by Crippen LogP contribution is 2.31. The van der Waals surface area contributed by atoms with Crippen molar-refractivity contribution in [3.63, 3.8) is 0 Å². The molecule has 0 aliphatic carbocycles. The fourth-order valence-corrected chi connectivity index (χ4v) is 5.14. The van der Waals surface area contributed by atoms with E-state index in [1.54, 1.807) is 62.4 Å². The highest BCUT2D eigenvalue weighted by molar-refractivity contribution is 7.07. The Hall–Kier alpha value is -2.38. The van der Waals surface area contributed by atoms with Crippen LogP contribution in [0.15, 0.2) is 63.5 Å². The zero-order valence-corrected chi connectivity index (χ0v) is 20.1. The van der Waals surface area contributed by atoms with Gasteiger partial charge in [0.05, 0.1) is 28.5 Å². The number of allylic oxidation sites excluding steroid dienone is 1. The highest BCUT2D eigenvalue weighted by atomic mass is 35.5. The Morgan fingerprint density at radius 3 is 2.50 bits per heavy atom. The van der Waals surface area contributed by atoms with Crippen LogP contribution in [0.1, 0.15) is 31.0 Å². The van der Waals surface area contributed by atoms with Crippen molar-refractivity contribution >= 4 is 58.2 Å². The molecule has 1 aliphatic rings. The predicted molar refractivity (Wildman–Crippen MR) is 128 cm³/mol. The van der Waals surface area contributed by atoms with Crippen molar-refractivity contribution in [3.05, 3.63) is 99.6 Å². The van der Waals surface area contributed by atoms with Crippen molar-refractivity contribution < 1.29 is 9.53 Å². The van der Waals surface area contributed by atoms with Gasteiger partial charge in [-0.2, -0.15) is 0 Å². The Kier molecular flexibility index (Phi) is 6.58. The second-order valence-corrected chi connectivity index (χ2v) is 9.31. The van der Waals surface area contributed by atoms with E-state index in [-0.39, 0.29) is 12.2 Å². The maximum absolute atomic E-state index is 13.5. The summed E-state index contributed by atoms with van der Waals surface area (Å²) >= 11 is 19.6. The Morgan fingerprint density at radius 1 is 1.16 bits per heavy atom. The largest absolute Gasteiger partial charge is 0.463 e. The first-order chi connectivity index (χ1) is 15.3. The van der Waals surface area contributed by atoms with Crippen LogP contribution in [-0.4, -0.2) is 17.1 Å². The molecule has 1 atom stereocenters. The third-order valence-corrected chi connectivity index (χ3v) is 6.75. The number of ether oxygens (including phenoxy) is 1. The second kappa shape index (κ2) is 9.24. The fraction of sp³-hybridized carbons (Fsp3) is 0.174. The number of carbonyl (C=O) groups is 1. The molecule has 3 aromatic rings. The number of fused-ring (bicyclic) bond motifs is 1. The molecule has 0 amide bonds. The number of aromatic nitrogens is 1. The summed E-state index contributed by atoms with van der Waals surface area (Å²) in [4.78, 5) is 31.4. The van der Waals surface area contributed by atoms with E-state index in [9.17, 15) is 9.59 Å². The number of esters is 1. The van der Waals surface area contributed by atoms with Crippen molar-refractivity contribution in [2.24, 2.45) is 4.99 Å². The minimum absolute atomic E-state index is 0.211. The summed E-state index contributed by atoms with van der Waals surface area (Å²) in [5.74, 6) is -0.510. The van der Waals surface area contributed by atoms with Crippen LogP contribution in [0.5, 0.6) is 0 Å². The van der Waals surface area contributed by atoms with Crippen LogP contribution in [0.3, 0.4) is 0 Å². The molecular formula is C23H17Cl3N2O3S. The third kappa shape index (κ3) is 4.28. The average molecular weight is 508 g/mol. The Bertz CT molecular complexity index is 1420. The summed E-state index contributed by atoms with van der Waals surface area (Å²) in [5.41, 5.74) is 1.92. The molecule has 0 spiro atoms. The highest BCUT2D eigenvalue weighted by Gasteiger charge is 2.33. The fourth-order valence-electron chi connectivity index (χ4n) is 3.51. The van der Waals surface area contributed by atoms with Gasteiger partial charge in [0.1, 0.15) is 0 Å². The monoisotopic (exact) mass is 506 g/mol. The van der Waals surface area contributed by atoms with E-state index in [1.165, 1.54) is 15.9 Å². The SMILES string of the molecule is CCOC(=O)C1=C(C)N=c2sc(=Cc3ccc(Cl)cc3Cl)c(=O)n2[C@H]1c1ccc(Cl)cc1. The maximum Gasteiger partial charge on any atom is 0.338 e. The summed E-state index contributed by atoms with van der Waals surface area (Å²) in [7, 11) is 0. The molecule has 0 radical (unpaired) electrons. The second-order valence-electron chi connectivity index (χ2n) is 7.02. The standard InChI is InChI=1S/C23H17Cl3N2O3S/c1-3-31-22(30)19-12(2)27-23-28(20(19)13-4-7-15(24)8-5-13)21(29)18(32-23)10-14-6-9-16(25)11-17(14)26/h4-11,20H,3H2,1-2H3/t20-/m0/s1. The molecule has 2 heterocycles. The molecule has 0 fully saturated rings. The number of hydrogen-bond acceptors (Lipinski definition) is 5. The van der Waals surface area contributed by atoms with Crippen LogP contribution in [0, 0.1) is 0 Å². The van der Waals surface area contributed by atoms with E-state index < -0.39 is 12.0 Å². The van der Waals surface area contributed by atoms with Crippen LogP contribution in [0.4, 0.5) is 0 Å². The lowest BCUT2D eigenvalue weighted by Gasteiger charge is -2.24. The molecule has 5 nitrogen and oxygen atoms in total. The molecule has 9 heteroatoms. The number of halogens is 3. The molecule has 0 bridgehead atoms. The number of benzene rings is 2. The van der Waals surface area contributed by atoms with Gasteiger partial charge in [-0.05, 0) is 55.3 Å². The number of carbonyl (C=O) groups excluding carboxylic acids is 1. The van der Waals surface area contributed by atoms with Gasteiger partial charge < -0.3 is 4.74 Å². The number of nitrogens with zero attached hydrogens (tertiary/aromatic N) is 2. The quantitative estimate of drug-likeness (QED) is 0.479. The van der Waals surface area contributed by atoms with Gasteiger partial charge in [-0.25, -0.2) is 9.79 Å². The normalized spacial score (nSPS) is 16.0. The number of hydrogen-bond donors (Lipinski definition) is 0. The van der Waals surface area contributed by atoms with Crippen LogP contribution in [-0.2, 0) is 9.53 Å². The third-order valence-electron chi connectivity index (χ3n) is 4.95. The van der Waals surface area contributed by atoms with E-state index in [0.29, 0.717) is 41.2 Å². The lowest BCUT2D eigenvalue weighted by Crippen LogP contribution is -2.39. The molecule has 1 aromatic heterocycles. The van der Waals surface area contributed by atoms with Crippen LogP contribution in [0.2, 0.25) is 15.1 Å². The summed E-state index contributed by atoms with van der Waals surface area (Å²) in [5, 5.41) is 1.49. The van der Waals surface area contributed by atoms with Crippen molar-refractivity contribution in [1.82, 2.24) is 4.57 Å². The van der Waals surface area contributed by atoms with Gasteiger partial charge in [0.15, 0.2) is 4.80 Å². The van der Waals surface area contributed by atoms with Gasteiger partial charge in [-0.1, -0.05) is 64.3 Å². The molecule has 4 rings (SSSR count). The minimum Gasteiger partial charge on any atom is -0.463 e. The summed E-state index contributed by atoms with van der Waals surface area (Å²) < 4.78 is 7.23. The average Bonchev–Trinajstić information content (AvgIpc) is 3.04. The first-order valence-electron chi connectivity index (χ1n) is 9.70. The molecule has 0 saturated carbocycles. The van der Waals surface area contributed by atoms with E-state index >= 15 is 0 Å². The van der Waals surface area contributed by atoms with Crippen molar-refractivity contribution in [2.45, 2.75) is 19.9 Å². The maximum atomic E-state index is 13.5. The Morgan fingerprint density at radius 2 is 1.84 bits per heavy atom. The first-order valence-corrected chi connectivity index (χ1v) is 11.7. The zero-order chi connectivity index (χ0) is 23.0. The summed E-state index contributed by atoms with van der Waals surface area (Å²) in [6.07, 6.45) is 1.70. The molecule has 0 saturated heterocycles. The molecule has 2 aromatic carbocycles. The lowest BCUT2D eigenvalue weighted by atomic mass is 9.96. The van der Waals surface area contributed by atoms with Gasteiger partial charge in [0.2, 0.25) is 0 Å². The van der Waals surface area contributed by atoms with E-state index in [0.717, 1.165) is 5.56 Å². The first kappa shape index (κ1) is 22.8. The smallest absolute Gasteiger partial charge is 0.338 e. The van der Waals surface area contributed by atoms with Crippen molar-refractivity contribution in [1.29, 1.82) is 0 Å². The van der Waals surface area contributed by atoms with Gasteiger partial charge in [-0.3, -0.25) is 9.36 Å². The molecule has 0 N–H and O–H groups in total. The molecule has 0 unspecified atom stereocenters. The van der Waals surface area contributed by atoms with Gasteiger partial charge in [0.25, 0.3) is 5.56 Å².